The Balaban J connectivity index is 0.000000307. The molecule has 1 saturated heterocycles. The highest BCUT2D eigenvalue weighted by atomic mass is 19.4. The summed E-state index contributed by atoms with van der Waals surface area (Å²) in [6.07, 6.45) is 0.773. The molecule has 1 fully saturated rings. The van der Waals surface area contributed by atoms with Crippen LogP contribution in [0.25, 0.3) is 11.3 Å². The molecule has 170 valence electrons. The van der Waals surface area contributed by atoms with E-state index in [1.807, 2.05) is 30.5 Å². The van der Waals surface area contributed by atoms with Crippen LogP contribution in [-0.4, -0.2) is 44.8 Å². The van der Waals surface area contributed by atoms with E-state index in [0.29, 0.717) is 0 Å². The Bertz CT molecular complexity index is 1080. The Morgan fingerprint density at radius 3 is 2.53 bits per heavy atom. The van der Waals surface area contributed by atoms with Gasteiger partial charge in [0.15, 0.2) is 0 Å². The molecule has 0 bridgehead atoms. The molecular formula is C22H21F4N3O3. The number of halogens is 4. The molecule has 2 aromatic heterocycles. The van der Waals surface area contributed by atoms with Gasteiger partial charge in [-0.3, -0.25) is 4.90 Å². The minimum absolute atomic E-state index is 0.203. The average Bonchev–Trinajstić information content (AvgIpc) is 3.50. The minimum atomic E-state index is -5.08. The standard InChI is InChI=1S/C20H20FN3O.C2HF3O2/c21-16-5-3-15(4-6-16)18-11-22-19-10-20(14-24(18)19)7-8-23(13-20)12-17-2-1-9-25-17;3-2(4,5)1(6)7/h1-6,9,11H,7-8,10,12-14H2;(H,6,7). The van der Waals surface area contributed by atoms with Crippen molar-refractivity contribution in [3.05, 3.63) is 66.3 Å². The van der Waals surface area contributed by atoms with Crippen LogP contribution in [-0.2, 0) is 24.3 Å². The summed E-state index contributed by atoms with van der Waals surface area (Å²) in [5, 5.41) is 7.12. The minimum Gasteiger partial charge on any atom is -0.475 e. The normalized spacial score (nSPS) is 20.2. The van der Waals surface area contributed by atoms with Crippen molar-refractivity contribution in [2.75, 3.05) is 13.1 Å². The summed E-state index contributed by atoms with van der Waals surface area (Å²) in [5.41, 5.74) is 2.39. The first-order chi connectivity index (χ1) is 15.2. The van der Waals surface area contributed by atoms with Gasteiger partial charge < -0.3 is 14.1 Å². The lowest BCUT2D eigenvalue weighted by atomic mass is 9.86. The van der Waals surface area contributed by atoms with Gasteiger partial charge in [-0.15, -0.1) is 0 Å². The van der Waals surface area contributed by atoms with Gasteiger partial charge in [0.1, 0.15) is 17.4 Å². The molecule has 6 nitrogen and oxygen atoms in total. The van der Waals surface area contributed by atoms with Crippen molar-refractivity contribution in [3.63, 3.8) is 0 Å². The van der Waals surface area contributed by atoms with Gasteiger partial charge in [-0.25, -0.2) is 14.2 Å². The van der Waals surface area contributed by atoms with Crippen LogP contribution in [0.5, 0.6) is 0 Å². The number of carbonyl (C=O) groups is 1. The number of benzene rings is 1. The van der Waals surface area contributed by atoms with E-state index < -0.39 is 12.1 Å². The first-order valence-corrected chi connectivity index (χ1v) is 10.0. The number of fused-ring (bicyclic) bond motifs is 1. The Morgan fingerprint density at radius 1 is 1.19 bits per heavy atom. The van der Waals surface area contributed by atoms with Gasteiger partial charge in [0.05, 0.1) is 24.7 Å². The zero-order valence-corrected chi connectivity index (χ0v) is 17.0. The lowest BCUT2D eigenvalue weighted by molar-refractivity contribution is -0.192. The second-order valence-corrected chi connectivity index (χ2v) is 8.17. The number of aromatic nitrogens is 2. The average molecular weight is 451 g/mol. The number of aliphatic carboxylic acids is 1. The van der Waals surface area contributed by atoms with Crippen LogP contribution in [0.1, 0.15) is 18.0 Å². The number of rotatable bonds is 3. The van der Waals surface area contributed by atoms with Crippen molar-refractivity contribution in [1.82, 2.24) is 14.5 Å². The fourth-order valence-corrected chi connectivity index (χ4v) is 4.37. The second kappa shape index (κ2) is 8.42. The molecule has 2 aliphatic heterocycles. The van der Waals surface area contributed by atoms with E-state index in [1.165, 1.54) is 18.6 Å². The third kappa shape index (κ3) is 4.69. The summed E-state index contributed by atoms with van der Waals surface area (Å²) >= 11 is 0. The summed E-state index contributed by atoms with van der Waals surface area (Å²) < 4.78 is 52.8. The van der Waals surface area contributed by atoms with E-state index in [0.717, 1.165) is 55.4 Å². The van der Waals surface area contributed by atoms with Gasteiger partial charge >= 0.3 is 12.1 Å². The number of likely N-dealkylation sites (tertiary alicyclic amines) is 1. The highest BCUT2D eigenvalue weighted by Gasteiger charge is 2.44. The lowest BCUT2D eigenvalue weighted by Crippen LogP contribution is -2.28. The van der Waals surface area contributed by atoms with Crippen molar-refractivity contribution >= 4 is 5.97 Å². The summed E-state index contributed by atoms with van der Waals surface area (Å²) in [5.74, 6) is -0.780. The molecule has 5 rings (SSSR count). The molecule has 10 heteroatoms. The Labute approximate surface area is 181 Å². The first-order valence-electron chi connectivity index (χ1n) is 10.0. The molecule has 1 N–H and O–H groups in total. The van der Waals surface area contributed by atoms with Crippen LogP contribution in [0.4, 0.5) is 17.6 Å². The molecule has 0 amide bonds. The second-order valence-electron chi connectivity index (χ2n) is 8.17. The quantitative estimate of drug-likeness (QED) is 0.599. The fourth-order valence-electron chi connectivity index (χ4n) is 4.37. The van der Waals surface area contributed by atoms with E-state index in [2.05, 4.69) is 14.5 Å². The van der Waals surface area contributed by atoms with Gasteiger partial charge in [0, 0.05) is 24.9 Å². The zero-order valence-electron chi connectivity index (χ0n) is 17.0. The van der Waals surface area contributed by atoms with Crippen LogP contribution < -0.4 is 0 Å². The molecule has 0 radical (unpaired) electrons. The zero-order chi connectivity index (χ0) is 22.9. The summed E-state index contributed by atoms with van der Waals surface area (Å²) in [6.45, 7) is 4.03. The molecular weight excluding hydrogens is 430 g/mol. The number of alkyl halides is 3. The molecule has 1 atom stereocenters. The predicted octanol–water partition coefficient (Wildman–Crippen LogP) is 4.36. The van der Waals surface area contributed by atoms with Gasteiger partial charge in [-0.1, -0.05) is 0 Å². The number of imidazole rings is 1. The van der Waals surface area contributed by atoms with Gasteiger partial charge in [0.2, 0.25) is 0 Å². The monoisotopic (exact) mass is 451 g/mol. The van der Waals surface area contributed by atoms with Gasteiger partial charge in [-0.05, 0) is 54.9 Å². The van der Waals surface area contributed by atoms with Crippen LogP contribution in [0.3, 0.4) is 0 Å². The Kier molecular flexibility index (Phi) is 5.81. The topological polar surface area (TPSA) is 71.5 Å². The molecule has 0 saturated carbocycles. The maximum atomic E-state index is 13.2. The van der Waals surface area contributed by atoms with Crippen molar-refractivity contribution in [2.45, 2.75) is 32.1 Å². The van der Waals surface area contributed by atoms with Crippen molar-refractivity contribution in [3.8, 4) is 11.3 Å². The first kappa shape index (κ1) is 22.1. The number of hydrogen-bond acceptors (Lipinski definition) is 4. The summed E-state index contributed by atoms with van der Waals surface area (Å²) in [7, 11) is 0. The molecule has 3 aromatic rings. The molecule has 1 unspecified atom stereocenters. The largest absolute Gasteiger partial charge is 0.490 e. The molecule has 32 heavy (non-hydrogen) atoms. The highest BCUT2D eigenvalue weighted by Crippen LogP contribution is 2.42. The highest BCUT2D eigenvalue weighted by molar-refractivity contribution is 5.73. The summed E-state index contributed by atoms with van der Waals surface area (Å²) in [6, 6.07) is 10.7. The van der Waals surface area contributed by atoms with E-state index in [-0.39, 0.29) is 11.2 Å². The number of carboxylic acid groups (broad SMARTS) is 1. The van der Waals surface area contributed by atoms with Gasteiger partial charge in [-0.2, -0.15) is 13.2 Å². The predicted molar refractivity (Wildman–Crippen MR) is 106 cm³/mol. The number of furan rings is 1. The van der Waals surface area contributed by atoms with Crippen molar-refractivity contribution in [1.29, 1.82) is 0 Å². The summed E-state index contributed by atoms with van der Waals surface area (Å²) in [4.78, 5) is 16.0. The molecule has 0 aliphatic carbocycles. The molecule has 4 heterocycles. The Hall–Kier alpha value is -3.14. The number of hydrogen-bond donors (Lipinski definition) is 1. The maximum absolute atomic E-state index is 13.2. The molecule has 1 aromatic carbocycles. The van der Waals surface area contributed by atoms with E-state index in [9.17, 15) is 17.6 Å². The van der Waals surface area contributed by atoms with Crippen molar-refractivity contribution < 1.29 is 31.9 Å². The SMILES string of the molecule is Fc1ccc(-c2cnc3n2CC2(CCN(Cc4ccco4)C2)C3)cc1.O=C(O)C(F)(F)F. The van der Waals surface area contributed by atoms with Crippen molar-refractivity contribution in [2.24, 2.45) is 5.41 Å². The third-order valence-electron chi connectivity index (χ3n) is 5.82. The van der Waals surface area contributed by atoms with Crippen LogP contribution >= 0.6 is 0 Å². The Morgan fingerprint density at radius 2 is 1.91 bits per heavy atom. The number of nitrogens with zero attached hydrogens (tertiary/aromatic N) is 3. The lowest BCUT2D eigenvalue weighted by Gasteiger charge is -2.23. The van der Waals surface area contributed by atoms with Gasteiger partial charge in [0.25, 0.3) is 0 Å². The number of carboxylic acids is 1. The third-order valence-corrected chi connectivity index (χ3v) is 5.82. The van der Waals surface area contributed by atoms with E-state index in [1.54, 1.807) is 6.26 Å². The fraction of sp³-hybridized carbons (Fsp3) is 0.364. The van der Waals surface area contributed by atoms with Crippen LogP contribution in [0.15, 0.2) is 53.3 Å². The van der Waals surface area contributed by atoms with Crippen LogP contribution in [0, 0.1) is 11.2 Å². The van der Waals surface area contributed by atoms with E-state index >= 15 is 0 Å². The maximum Gasteiger partial charge on any atom is 0.490 e. The molecule has 1 spiro atoms. The smallest absolute Gasteiger partial charge is 0.475 e. The van der Waals surface area contributed by atoms with E-state index in [4.69, 9.17) is 14.3 Å². The van der Waals surface area contributed by atoms with Crippen LogP contribution in [0.2, 0.25) is 0 Å². The molecule has 2 aliphatic rings.